The van der Waals surface area contributed by atoms with Crippen LogP contribution in [0.1, 0.15) is 158 Å². The molecular weight excluding hydrogens is 783 g/mol. The second-order valence-electron chi connectivity index (χ2n) is 21.7. The minimum absolute atomic E-state index is 0.00219. The summed E-state index contributed by atoms with van der Waals surface area (Å²) in [6.07, 6.45) is 13.3. The average Bonchev–Trinajstić information content (AvgIpc) is 3.63. The van der Waals surface area contributed by atoms with Gasteiger partial charge >= 0.3 is 10.2 Å². The summed E-state index contributed by atoms with van der Waals surface area (Å²) < 4.78 is 30.0. The van der Waals surface area contributed by atoms with Crippen LogP contribution in [0.2, 0.25) is 0 Å². The van der Waals surface area contributed by atoms with Crippen LogP contribution in [0.15, 0.2) is 0 Å². The summed E-state index contributed by atoms with van der Waals surface area (Å²) in [5.41, 5.74) is -2.60. The summed E-state index contributed by atoms with van der Waals surface area (Å²) >= 11 is 0. The van der Waals surface area contributed by atoms with Gasteiger partial charge in [-0.3, -0.25) is 28.9 Å². The van der Waals surface area contributed by atoms with Crippen molar-refractivity contribution in [2.45, 2.75) is 194 Å². The molecule has 2 unspecified atom stereocenters. The number of hydrogen-bond donors (Lipinski definition) is 4. The molecule has 0 aromatic heterocycles. The van der Waals surface area contributed by atoms with Gasteiger partial charge in [0.2, 0.25) is 23.6 Å². The van der Waals surface area contributed by atoms with Crippen molar-refractivity contribution in [3.8, 4) is 0 Å². The van der Waals surface area contributed by atoms with E-state index in [0.717, 1.165) is 90.0 Å². The number of likely N-dealkylation sites (tertiary alicyclic amines) is 2. The van der Waals surface area contributed by atoms with E-state index in [1.165, 1.54) is 4.31 Å². The highest BCUT2D eigenvalue weighted by atomic mass is 32.2. The number of fused-ring (bicyclic) bond motifs is 1. The van der Waals surface area contributed by atoms with Gasteiger partial charge in [-0.25, -0.2) is 4.72 Å². The van der Waals surface area contributed by atoms with Gasteiger partial charge in [0.05, 0.1) is 6.04 Å². The number of amides is 5. The first kappa shape index (κ1) is 45.3. The zero-order valence-corrected chi connectivity index (χ0v) is 38.6. The molecule has 7 rings (SSSR count). The average molecular weight is 858 g/mol. The third-order valence-corrected chi connectivity index (χ3v) is 18.5. The Hall–Kier alpha value is -2.78. The van der Waals surface area contributed by atoms with Gasteiger partial charge in [0, 0.05) is 31.1 Å². The molecule has 3 aliphatic heterocycles. The van der Waals surface area contributed by atoms with Crippen molar-refractivity contribution in [2.24, 2.45) is 33.5 Å². The van der Waals surface area contributed by atoms with Crippen molar-refractivity contribution >= 4 is 39.7 Å². The number of piperidine rings is 1. The fraction of sp³-hybridized carbons (Fsp3) is 0.889. The first-order valence-corrected chi connectivity index (χ1v) is 24.9. The van der Waals surface area contributed by atoms with Crippen molar-refractivity contribution in [1.29, 1.82) is 0 Å². The van der Waals surface area contributed by atoms with E-state index in [9.17, 15) is 27.6 Å². The van der Waals surface area contributed by atoms with Crippen LogP contribution in [0.25, 0.3) is 0 Å². The van der Waals surface area contributed by atoms with E-state index in [1.54, 1.807) is 4.90 Å². The minimum Gasteiger partial charge on any atom is -0.343 e. The summed E-state index contributed by atoms with van der Waals surface area (Å²) in [6, 6.07) is -2.85. The van der Waals surface area contributed by atoms with Crippen LogP contribution >= 0.6 is 0 Å². The fourth-order valence-electron chi connectivity index (χ4n) is 12.9. The quantitative estimate of drug-likeness (QED) is 0.211. The number of hydrogen-bond acceptors (Lipinski definition) is 8. The van der Waals surface area contributed by atoms with Crippen LogP contribution < -0.4 is 20.7 Å². The van der Waals surface area contributed by atoms with Crippen LogP contribution in [-0.2, 0) is 34.2 Å². The predicted octanol–water partition coefficient (Wildman–Crippen LogP) is 4.38. The highest BCUT2D eigenvalue weighted by molar-refractivity contribution is 7.87. The molecule has 7 atom stereocenters. The van der Waals surface area contributed by atoms with Crippen LogP contribution in [-0.4, -0.2) is 114 Å². The van der Waals surface area contributed by atoms with Gasteiger partial charge in [-0.1, -0.05) is 80.1 Å². The maximum absolute atomic E-state index is 15.3. The lowest BCUT2D eigenvalue weighted by molar-refractivity contribution is -0.145. The molecule has 5 amide bonds. The highest BCUT2D eigenvalue weighted by Crippen LogP contribution is 2.88. The maximum Gasteiger partial charge on any atom is 0.303 e. The Morgan fingerprint density at radius 1 is 0.767 bits per heavy atom. The minimum atomic E-state index is -4.07. The van der Waals surface area contributed by atoms with Crippen molar-refractivity contribution in [1.82, 2.24) is 34.8 Å². The van der Waals surface area contributed by atoms with Gasteiger partial charge in [-0.2, -0.15) is 12.7 Å². The lowest BCUT2D eigenvalue weighted by atomic mass is 9.73. The zero-order chi connectivity index (χ0) is 43.6. The second kappa shape index (κ2) is 16.4. The first-order valence-electron chi connectivity index (χ1n) is 23.5. The SMILES string of the molecule is CC[C@@H]1C[C@]1(NC(=O)[C@@H]1C[C@@]2(CN1C(=O)C(NC(=O)C(NC(=O)[C@@H]1CCCCN1C(C)C)C1CCCCC1)C(C)(C)C)C(C)(C)C21CCC1)C(=O)NS(=O)(=O)N1CCCC1. The Bertz CT molecular complexity index is 1800. The van der Waals surface area contributed by atoms with Crippen molar-refractivity contribution < 1.29 is 32.4 Å². The molecule has 2 spiro atoms. The molecule has 4 N–H and O–H groups in total. The van der Waals surface area contributed by atoms with E-state index in [1.807, 2.05) is 27.7 Å². The topological polar surface area (TPSA) is 177 Å². The molecule has 15 heteroatoms. The summed E-state index contributed by atoms with van der Waals surface area (Å²) in [5, 5.41) is 9.43. The normalized spacial score (nSPS) is 32.6. The van der Waals surface area contributed by atoms with Crippen LogP contribution in [0, 0.1) is 33.5 Å². The molecule has 4 saturated carbocycles. The van der Waals surface area contributed by atoms with Crippen molar-refractivity contribution in [3.63, 3.8) is 0 Å². The second-order valence-corrected chi connectivity index (χ2v) is 23.3. The molecule has 0 radical (unpaired) electrons. The van der Waals surface area contributed by atoms with E-state index >= 15 is 4.79 Å². The summed E-state index contributed by atoms with van der Waals surface area (Å²) in [4.78, 5) is 76.8. The van der Waals surface area contributed by atoms with E-state index in [-0.39, 0.29) is 57.9 Å². The van der Waals surface area contributed by atoms with Crippen molar-refractivity contribution in [2.75, 3.05) is 26.2 Å². The molecule has 14 nitrogen and oxygen atoms in total. The van der Waals surface area contributed by atoms with Gasteiger partial charge in [0.1, 0.15) is 23.7 Å². The summed E-state index contributed by atoms with van der Waals surface area (Å²) in [6.45, 7) is 18.2. The van der Waals surface area contributed by atoms with E-state index in [4.69, 9.17) is 0 Å². The number of carbonyl (C=O) groups is 5. The van der Waals surface area contributed by atoms with Gasteiger partial charge in [0.25, 0.3) is 5.91 Å². The van der Waals surface area contributed by atoms with E-state index in [2.05, 4.69) is 53.3 Å². The predicted molar refractivity (Wildman–Crippen MR) is 229 cm³/mol. The Morgan fingerprint density at radius 2 is 1.40 bits per heavy atom. The molecule has 3 heterocycles. The molecule has 4 aliphatic carbocycles. The molecule has 0 bridgehead atoms. The molecule has 7 fully saturated rings. The van der Waals surface area contributed by atoms with E-state index < -0.39 is 51.1 Å². The molecule has 0 aromatic rings. The molecule has 60 heavy (non-hydrogen) atoms. The number of carbonyl (C=O) groups excluding carboxylic acids is 5. The molecule has 338 valence electrons. The Morgan fingerprint density at radius 3 is 1.95 bits per heavy atom. The maximum atomic E-state index is 15.3. The largest absolute Gasteiger partial charge is 0.343 e. The van der Waals surface area contributed by atoms with Crippen LogP contribution in [0.5, 0.6) is 0 Å². The summed E-state index contributed by atoms with van der Waals surface area (Å²) in [5.74, 6) is -2.36. The van der Waals surface area contributed by atoms with E-state index in [0.29, 0.717) is 38.9 Å². The lowest BCUT2D eigenvalue weighted by Crippen LogP contribution is -2.63. The first-order chi connectivity index (χ1) is 28.2. The molecular formula is C45H75N7O7S. The van der Waals surface area contributed by atoms with Crippen LogP contribution in [0.3, 0.4) is 0 Å². The third kappa shape index (κ3) is 7.70. The Balaban J connectivity index is 1.15. The van der Waals surface area contributed by atoms with Gasteiger partial charge in [-0.05, 0) is 113 Å². The van der Waals surface area contributed by atoms with Crippen molar-refractivity contribution in [3.05, 3.63) is 0 Å². The van der Waals surface area contributed by atoms with Crippen LogP contribution in [0.4, 0.5) is 0 Å². The monoisotopic (exact) mass is 858 g/mol. The molecule has 3 saturated heterocycles. The zero-order valence-electron chi connectivity index (χ0n) is 37.8. The van der Waals surface area contributed by atoms with Gasteiger partial charge in [0.15, 0.2) is 0 Å². The molecule has 0 aromatic carbocycles. The third-order valence-electron chi connectivity index (χ3n) is 17.0. The van der Waals surface area contributed by atoms with Gasteiger partial charge < -0.3 is 20.9 Å². The fourth-order valence-corrected chi connectivity index (χ4v) is 14.2. The Labute approximate surface area is 359 Å². The van der Waals surface area contributed by atoms with Gasteiger partial charge in [-0.15, -0.1) is 0 Å². The standard InChI is InChI=1S/C45H75N7O7S/c1-9-31-26-45(31,40(57)49-60(58,59)50-23-15-16-24-50)48-37(54)33-27-44(42(7,8)43(44)21-17-22-43)28-52(33)39(56)35(41(4,5)6)47-38(55)34(30-18-11-10-12-19-30)46-36(53)32-20-13-14-25-51(32)29(2)3/h29-35H,9-28H2,1-8H3,(H,46,53)(H,47,55)(H,48,54)(H,49,57)/t31-,32+,33+,34?,35?,44-,45-/m1/s1. The lowest BCUT2D eigenvalue weighted by Gasteiger charge is -2.40. The number of nitrogens with zero attached hydrogens (tertiary/aromatic N) is 3. The highest BCUT2D eigenvalue weighted by Gasteiger charge is 2.85. The number of rotatable bonds is 13. The molecule has 7 aliphatic rings. The Kier molecular flexibility index (Phi) is 12.4. The number of nitrogens with one attached hydrogen (secondary N) is 4. The summed E-state index contributed by atoms with van der Waals surface area (Å²) in [7, 11) is -4.07. The smallest absolute Gasteiger partial charge is 0.303 e.